The van der Waals surface area contributed by atoms with E-state index in [1.807, 2.05) is 0 Å². The van der Waals surface area contributed by atoms with Gasteiger partial charge in [-0.25, -0.2) is 4.79 Å². The fourth-order valence-corrected chi connectivity index (χ4v) is 3.19. The van der Waals surface area contributed by atoms with Gasteiger partial charge in [0.05, 0.1) is 5.56 Å². The molecule has 168 valence electrons. The van der Waals surface area contributed by atoms with Gasteiger partial charge in [0.1, 0.15) is 11.5 Å². The van der Waals surface area contributed by atoms with E-state index in [1.165, 1.54) is 24.3 Å². The van der Waals surface area contributed by atoms with Gasteiger partial charge in [-0.3, -0.25) is 4.79 Å². The van der Waals surface area contributed by atoms with Gasteiger partial charge in [-0.15, -0.1) is 0 Å². The summed E-state index contributed by atoms with van der Waals surface area (Å²) < 4.78 is 49.4. The predicted molar refractivity (Wildman–Crippen MR) is 114 cm³/mol. The summed E-state index contributed by atoms with van der Waals surface area (Å²) in [4.78, 5) is 23.2. The van der Waals surface area contributed by atoms with Crippen LogP contribution < -0.4 is 10.1 Å². The Morgan fingerprint density at radius 2 is 1.70 bits per heavy atom. The van der Waals surface area contributed by atoms with Crippen molar-refractivity contribution in [1.82, 2.24) is 0 Å². The average Bonchev–Trinajstić information content (AvgIpc) is 3.28. The van der Waals surface area contributed by atoms with Crippen LogP contribution in [0.5, 0.6) is 5.75 Å². The van der Waals surface area contributed by atoms with Crippen molar-refractivity contribution in [1.29, 1.82) is 0 Å². The van der Waals surface area contributed by atoms with Crippen LogP contribution in [0.4, 0.5) is 18.9 Å². The Morgan fingerprint density at radius 3 is 2.45 bits per heavy atom. The monoisotopic (exact) mass is 455 g/mol. The number of alkyl halides is 3. The molecule has 0 saturated heterocycles. The van der Waals surface area contributed by atoms with Crippen molar-refractivity contribution in [2.24, 2.45) is 0 Å². The molecule has 33 heavy (non-hydrogen) atoms. The van der Waals surface area contributed by atoms with Crippen LogP contribution in [-0.2, 0) is 11.0 Å². The minimum atomic E-state index is -4.48. The van der Waals surface area contributed by atoms with Gasteiger partial charge in [0.2, 0.25) is 0 Å². The summed E-state index contributed by atoms with van der Waals surface area (Å²) in [7, 11) is 0. The lowest BCUT2D eigenvalue weighted by molar-refractivity contribution is -0.139. The number of nitrogens with one attached hydrogen (secondary N) is 1. The molecule has 3 aromatic carbocycles. The van der Waals surface area contributed by atoms with Crippen LogP contribution >= 0.6 is 0 Å². The normalized spacial score (nSPS) is 11.4. The molecular weight excluding hydrogens is 439 g/mol. The number of furan rings is 1. The Labute approximate surface area is 185 Å². The zero-order valence-electron chi connectivity index (χ0n) is 16.8. The van der Waals surface area contributed by atoms with Gasteiger partial charge in [-0.2, -0.15) is 13.2 Å². The van der Waals surface area contributed by atoms with Crippen LogP contribution in [0.15, 0.2) is 77.2 Å². The molecule has 9 heteroatoms. The lowest BCUT2D eigenvalue weighted by atomic mass is 10.1. The molecule has 6 nitrogen and oxygen atoms in total. The number of hydrogen-bond donors (Lipinski definition) is 2. The molecule has 2 N–H and O–H groups in total. The number of carbonyl (C=O) groups is 2. The first-order chi connectivity index (χ1) is 15.7. The third-order valence-electron chi connectivity index (χ3n) is 4.74. The highest BCUT2D eigenvalue weighted by molar-refractivity contribution is 6.03. The first-order valence-corrected chi connectivity index (χ1v) is 9.66. The minimum Gasteiger partial charge on any atom is -0.482 e. The summed E-state index contributed by atoms with van der Waals surface area (Å²) in [5, 5.41) is 12.9. The molecular formula is C24H16F3NO5. The van der Waals surface area contributed by atoms with E-state index in [1.54, 1.807) is 36.4 Å². The van der Waals surface area contributed by atoms with Gasteiger partial charge in [-0.1, -0.05) is 24.3 Å². The highest BCUT2D eigenvalue weighted by Gasteiger charge is 2.30. The summed E-state index contributed by atoms with van der Waals surface area (Å²) in [5.41, 5.74) is -0.130. The molecule has 0 saturated carbocycles. The van der Waals surface area contributed by atoms with Crippen LogP contribution in [0.2, 0.25) is 0 Å². The fourth-order valence-electron chi connectivity index (χ4n) is 3.19. The molecule has 4 rings (SSSR count). The maximum absolute atomic E-state index is 12.9. The molecule has 0 aliphatic carbocycles. The van der Waals surface area contributed by atoms with E-state index in [0.717, 1.165) is 22.9 Å². The number of ether oxygens (including phenoxy) is 1. The summed E-state index contributed by atoms with van der Waals surface area (Å²) in [5.74, 6) is -1.16. The van der Waals surface area contributed by atoms with Crippen LogP contribution in [0.3, 0.4) is 0 Å². The number of anilines is 1. The molecule has 1 aromatic heterocycles. The maximum Gasteiger partial charge on any atom is 0.416 e. The van der Waals surface area contributed by atoms with Gasteiger partial charge in [0.25, 0.3) is 5.91 Å². The molecule has 4 aromatic rings. The largest absolute Gasteiger partial charge is 0.482 e. The molecule has 1 heterocycles. The Hall–Kier alpha value is -4.27. The highest BCUT2D eigenvalue weighted by atomic mass is 19.4. The zero-order chi connectivity index (χ0) is 23.6. The number of aliphatic carboxylic acids is 1. The number of benzene rings is 3. The van der Waals surface area contributed by atoms with Crippen molar-refractivity contribution in [3.8, 4) is 17.1 Å². The van der Waals surface area contributed by atoms with Gasteiger partial charge >= 0.3 is 12.1 Å². The van der Waals surface area contributed by atoms with Crippen LogP contribution in [0.1, 0.15) is 16.1 Å². The van der Waals surface area contributed by atoms with Crippen molar-refractivity contribution >= 4 is 28.3 Å². The Bertz CT molecular complexity index is 1340. The Kier molecular flexibility index (Phi) is 5.78. The molecule has 0 aliphatic rings. The number of amides is 1. The summed E-state index contributed by atoms with van der Waals surface area (Å²) in [6.07, 6.45) is -4.48. The lowest BCUT2D eigenvalue weighted by Gasteiger charge is -2.08. The maximum atomic E-state index is 12.9. The number of carboxylic acids is 1. The molecule has 0 atom stereocenters. The SMILES string of the molecule is O=C(O)COc1ccc2cc(NC(=O)c3ccc(-c4cccc(C(F)(F)F)c4)o3)ccc2c1. The first-order valence-electron chi connectivity index (χ1n) is 9.66. The lowest BCUT2D eigenvalue weighted by Crippen LogP contribution is -2.10. The molecule has 0 spiro atoms. The quantitative estimate of drug-likeness (QED) is 0.382. The van der Waals surface area contributed by atoms with E-state index >= 15 is 0 Å². The van der Waals surface area contributed by atoms with Crippen molar-refractivity contribution in [3.63, 3.8) is 0 Å². The van der Waals surface area contributed by atoms with Crippen molar-refractivity contribution in [2.75, 3.05) is 11.9 Å². The number of rotatable bonds is 6. The summed E-state index contributed by atoms with van der Waals surface area (Å²) in [6, 6.07) is 17.6. The van der Waals surface area contributed by atoms with E-state index < -0.39 is 30.2 Å². The predicted octanol–water partition coefficient (Wildman–Crippen LogP) is 5.83. The standard InChI is InChI=1S/C24H16F3NO5/c25-24(26,27)17-3-1-2-16(10-17)20-8-9-21(33-20)23(31)28-18-6-4-15-12-19(32-13-22(29)30)7-5-14(15)11-18/h1-12H,13H2,(H,28,31)(H,29,30). The van der Waals surface area contributed by atoms with Gasteiger partial charge in [0.15, 0.2) is 12.4 Å². The Balaban J connectivity index is 1.49. The summed E-state index contributed by atoms with van der Waals surface area (Å²) >= 11 is 0. The summed E-state index contributed by atoms with van der Waals surface area (Å²) in [6.45, 7) is -0.453. The van der Waals surface area contributed by atoms with Crippen molar-refractivity contribution < 1.29 is 37.0 Å². The first kappa shape index (κ1) is 21.9. The van der Waals surface area contributed by atoms with Gasteiger partial charge < -0.3 is 19.6 Å². The molecule has 0 aliphatic heterocycles. The van der Waals surface area contributed by atoms with Crippen LogP contribution in [0, 0.1) is 0 Å². The van der Waals surface area contributed by atoms with E-state index in [2.05, 4.69) is 5.32 Å². The fraction of sp³-hybridized carbons (Fsp3) is 0.0833. The van der Waals surface area contributed by atoms with Gasteiger partial charge in [-0.05, 0) is 59.3 Å². The highest BCUT2D eigenvalue weighted by Crippen LogP contribution is 2.33. The molecule has 0 radical (unpaired) electrons. The second kappa shape index (κ2) is 8.70. The number of carboxylic acid groups (broad SMARTS) is 1. The minimum absolute atomic E-state index is 0.0556. The van der Waals surface area contributed by atoms with Gasteiger partial charge in [0, 0.05) is 11.3 Å². The second-order valence-corrected chi connectivity index (χ2v) is 7.10. The van der Waals surface area contributed by atoms with Crippen LogP contribution in [0.25, 0.3) is 22.1 Å². The van der Waals surface area contributed by atoms with Crippen LogP contribution in [-0.4, -0.2) is 23.6 Å². The number of hydrogen-bond acceptors (Lipinski definition) is 4. The smallest absolute Gasteiger partial charge is 0.416 e. The topological polar surface area (TPSA) is 88.8 Å². The molecule has 1 amide bonds. The third-order valence-corrected chi connectivity index (χ3v) is 4.74. The second-order valence-electron chi connectivity index (χ2n) is 7.10. The number of fused-ring (bicyclic) bond motifs is 1. The zero-order valence-corrected chi connectivity index (χ0v) is 16.8. The number of halogens is 3. The molecule has 0 unspecified atom stereocenters. The van der Waals surface area contributed by atoms with E-state index in [9.17, 15) is 22.8 Å². The van der Waals surface area contributed by atoms with E-state index in [-0.39, 0.29) is 17.1 Å². The average molecular weight is 455 g/mol. The van der Waals surface area contributed by atoms with E-state index in [0.29, 0.717) is 11.4 Å². The number of carbonyl (C=O) groups excluding carboxylic acids is 1. The molecule has 0 bridgehead atoms. The van der Waals surface area contributed by atoms with Crippen molar-refractivity contribution in [2.45, 2.75) is 6.18 Å². The molecule has 0 fully saturated rings. The Morgan fingerprint density at radius 1 is 0.939 bits per heavy atom. The third kappa shape index (κ3) is 5.15. The van der Waals surface area contributed by atoms with Crippen molar-refractivity contribution in [3.05, 3.63) is 84.1 Å². The van der Waals surface area contributed by atoms with E-state index in [4.69, 9.17) is 14.3 Å².